The van der Waals surface area contributed by atoms with Gasteiger partial charge in [-0.15, -0.1) is 0 Å². The third kappa shape index (κ3) is 8.60. The molecular formula is C41H46O17. The van der Waals surface area contributed by atoms with Crippen molar-refractivity contribution in [2.75, 3.05) is 13.2 Å². The number of ether oxygens (including phenoxy) is 9. The highest BCUT2D eigenvalue weighted by Gasteiger charge is 2.77. The maximum absolute atomic E-state index is 13.5. The van der Waals surface area contributed by atoms with Gasteiger partial charge in [-0.05, 0) is 36.3 Å². The van der Waals surface area contributed by atoms with Crippen molar-refractivity contribution in [3.05, 3.63) is 96.3 Å². The van der Waals surface area contributed by atoms with E-state index in [1.54, 1.807) is 61.5 Å². The van der Waals surface area contributed by atoms with Crippen LogP contribution in [0.2, 0.25) is 0 Å². The van der Waals surface area contributed by atoms with Gasteiger partial charge in [-0.1, -0.05) is 60.7 Å². The fourth-order valence-electron chi connectivity index (χ4n) is 7.96. The first kappa shape index (κ1) is 41.6. The summed E-state index contributed by atoms with van der Waals surface area (Å²) in [6, 6.07) is 17.9. The first-order valence-corrected chi connectivity index (χ1v) is 18.9. The highest BCUT2D eigenvalue weighted by molar-refractivity contribution is 5.88. The monoisotopic (exact) mass is 810 g/mol. The van der Waals surface area contributed by atoms with E-state index >= 15 is 0 Å². The number of hydrogen-bond acceptors (Lipinski definition) is 17. The third-order valence-electron chi connectivity index (χ3n) is 10.8. The number of aliphatic hydroxyl groups is 5. The van der Waals surface area contributed by atoms with E-state index in [4.69, 9.17) is 42.6 Å². The molecule has 2 aromatic carbocycles. The molecule has 2 aromatic rings. The molecule has 7 rings (SSSR count). The molecule has 0 spiro atoms. The maximum Gasteiger partial charge on any atom is 0.331 e. The summed E-state index contributed by atoms with van der Waals surface area (Å²) in [5.41, 5.74) is 0.0955. The van der Waals surface area contributed by atoms with E-state index in [-0.39, 0.29) is 0 Å². The van der Waals surface area contributed by atoms with Gasteiger partial charge in [-0.2, -0.15) is 0 Å². The second-order valence-corrected chi connectivity index (χ2v) is 14.6. The average molecular weight is 811 g/mol. The highest BCUT2D eigenvalue weighted by atomic mass is 16.8. The smallest absolute Gasteiger partial charge is 0.331 e. The van der Waals surface area contributed by atoms with Crippen molar-refractivity contribution in [3.63, 3.8) is 0 Å². The Kier molecular flexibility index (Phi) is 12.7. The molecule has 1 aliphatic carbocycles. The number of benzene rings is 2. The van der Waals surface area contributed by atoms with E-state index in [9.17, 15) is 39.9 Å². The summed E-state index contributed by atoms with van der Waals surface area (Å²) in [5, 5.41) is 51.7. The molecule has 0 bridgehead atoms. The zero-order chi connectivity index (χ0) is 41.1. The summed E-state index contributed by atoms with van der Waals surface area (Å²) < 4.78 is 53.7. The maximum atomic E-state index is 13.5. The molecule has 58 heavy (non-hydrogen) atoms. The van der Waals surface area contributed by atoms with E-state index < -0.39 is 128 Å². The Morgan fingerprint density at radius 2 is 1.34 bits per heavy atom. The van der Waals surface area contributed by atoms with Crippen LogP contribution in [0.25, 0.3) is 12.2 Å². The van der Waals surface area contributed by atoms with Gasteiger partial charge in [0.1, 0.15) is 36.1 Å². The lowest BCUT2D eigenvalue weighted by molar-refractivity contribution is -0.347. The van der Waals surface area contributed by atoms with Gasteiger partial charge in [0, 0.05) is 25.0 Å². The second-order valence-electron chi connectivity index (χ2n) is 14.6. The number of carbonyl (C=O) groups is 3. The number of fused-ring (bicyclic) bond motifs is 3. The molecule has 17 heteroatoms. The Morgan fingerprint density at radius 1 is 0.724 bits per heavy atom. The van der Waals surface area contributed by atoms with Gasteiger partial charge in [0.2, 0.25) is 6.29 Å². The van der Waals surface area contributed by atoms with E-state index in [2.05, 4.69) is 0 Å². The lowest BCUT2D eigenvalue weighted by Gasteiger charge is -2.45. The SMILES string of the molecule is CC(=O)O[C@@H]1[C@@H](OC(=O)C=Cc2ccccc2)[C@@H](OC(=O)C=Cc2ccccc2)[C@H](O[C@H]2[C@@H]3C=CO[C@@H](O[C@@H]4O[C@H](CO)[C@@H](O)[C@H](O)[C@H]4O)[C@@H]3[C@@]3(CO)O[C@@H]23)O[C@H]1C. The molecule has 4 fully saturated rings. The van der Waals surface area contributed by atoms with Crippen LogP contribution >= 0.6 is 0 Å². The minimum Gasteiger partial charge on any atom is -0.472 e. The minimum absolute atomic E-state index is 0.530. The summed E-state index contributed by atoms with van der Waals surface area (Å²) >= 11 is 0. The first-order valence-electron chi connectivity index (χ1n) is 18.9. The molecule has 4 aliphatic heterocycles. The number of esters is 3. The van der Waals surface area contributed by atoms with Crippen molar-refractivity contribution in [2.45, 2.75) is 99.4 Å². The van der Waals surface area contributed by atoms with Crippen LogP contribution in [-0.4, -0.2) is 142 Å². The van der Waals surface area contributed by atoms with Crippen molar-refractivity contribution in [3.8, 4) is 0 Å². The number of epoxide rings is 1. The fourth-order valence-corrected chi connectivity index (χ4v) is 7.96. The van der Waals surface area contributed by atoms with Crippen molar-refractivity contribution in [1.29, 1.82) is 0 Å². The molecular weight excluding hydrogens is 764 g/mol. The van der Waals surface area contributed by atoms with E-state index in [0.717, 1.165) is 0 Å². The summed E-state index contributed by atoms with van der Waals surface area (Å²) in [7, 11) is 0. The van der Waals surface area contributed by atoms with Gasteiger partial charge in [0.15, 0.2) is 30.9 Å². The van der Waals surface area contributed by atoms with Gasteiger partial charge in [-0.25, -0.2) is 9.59 Å². The lowest BCUT2D eigenvalue weighted by Crippen LogP contribution is -2.62. The van der Waals surface area contributed by atoms with Crippen LogP contribution in [0.15, 0.2) is 85.2 Å². The van der Waals surface area contributed by atoms with Crippen LogP contribution in [0.1, 0.15) is 25.0 Å². The standard InChI is InChI=1S/C41H46O17/c1-21-33(52-22(2)44)35(54-27(45)15-13-23-9-5-3-6-10-23)36(55-28(46)16-14-24-11-7-4-8-12-24)40(51-21)56-34-25-17-18-50-38(29(25)41(20-43)37(34)58-41)57-39-32(49)31(48)30(47)26(19-42)53-39/h3-18,21,25-26,29-40,42-43,47-49H,19-20H2,1-2H3/t21-,25+,26+,29+,30+,31-,32+,33-,34-,35+,36+,37-,38-,39-,40-,41+/m0/s1. The molecule has 16 atom stereocenters. The average Bonchev–Trinajstić information content (AvgIpc) is 3.90. The van der Waals surface area contributed by atoms with Crippen LogP contribution in [0.4, 0.5) is 0 Å². The van der Waals surface area contributed by atoms with Crippen LogP contribution in [-0.2, 0) is 57.0 Å². The lowest BCUT2D eigenvalue weighted by atomic mass is 9.85. The van der Waals surface area contributed by atoms with E-state index in [1.165, 1.54) is 37.5 Å². The summed E-state index contributed by atoms with van der Waals surface area (Å²) in [5.74, 6) is -3.90. The van der Waals surface area contributed by atoms with Gasteiger partial charge in [0.25, 0.3) is 0 Å². The van der Waals surface area contributed by atoms with Crippen molar-refractivity contribution < 1.29 is 82.5 Å². The van der Waals surface area contributed by atoms with Gasteiger partial charge < -0.3 is 68.2 Å². The molecule has 17 nitrogen and oxygen atoms in total. The Morgan fingerprint density at radius 3 is 1.93 bits per heavy atom. The molecule has 1 saturated carbocycles. The Bertz CT molecular complexity index is 1840. The first-order chi connectivity index (χ1) is 27.9. The Hall–Kier alpha value is -4.53. The van der Waals surface area contributed by atoms with Crippen LogP contribution in [0.3, 0.4) is 0 Å². The van der Waals surface area contributed by atoms with Gasteiger partial charge in [-0.3, -0.25) is 4.79 Å². The fraction of sp³-hybridized carbons (Fsp3) is 0.488. The predicted molar refractivity (Wildman–Crippen MR) is 196 cm³/mol. The predicted octanol–water partition coefficient (Wildman–Crippen LogP) is 0.361. The molecule has 5 aliphatic rings. The molecule has 312 valence electrons. The number of aliphatic hydroxyl groups excluding tert-OH is 5. The molecule has 5 N–H and O–H groups in total. The molecule has 4 heterocycles. The summed E-state index contributed by atoms with van der Waals surface area (Å²) in [6.07, 6.45) is -9.26. The zero-order valence-corrected chi connectivity index (χ0v) is 31.4. The van der Waals surface area contributed by atoms with E-state index in [1.807, 2.05) is 12.1 Å². The summed E-state index contributed by atoms with van der Waals surface area (Å²) in [6.45, 7) is 1.53. The zero-order valence-electron chi connectivity index (χ0n) is 31.4. The van der Waals surface area contributed by atoms with Crippen molar-refractivity contribution in [2.24, 2.45) is 11.8 Å². The van der Waals surface area contributed by atoms with Gasteiger partial charge in [0.05, 0.1) is 37.6 Å². The van der Waals surface area contributed by atoms with Crippen LogP contribution in [0, 0.1) is 11.8 Å². The minimum atomic E-state index is -1.74. The van der Waals surface area contributed by atoms with Crippen molar-refractivity contribution >= 4 is 30.1 Å². The quantitative estimate of drug-likeness (QED) is 0.0795. The Balaban J connectivity index is 1.17. The second kappa shape index (κ2) is 17.8. The van der Waals surface area contributed by atoms with Crippen LogP contribution in [0.5, 0.6) is 0 Å². The molecule has 0 unspecified atom stereocenters. The number of carbonyl (C=O) groups excluding carboxylic acids is 3. The molecule has 0 aromatic heterocycles. The topological polar surface area (TPSA) is 239 Å². The number of hydrogen-bond donors (Lipinski definition) is 5. The molecule has 3 saturated heterocycles. The Labute approximate surface area is 332 Å². The van der Waals surface area contributed by atoms with E-state index in [0.29, 0.717) is 11.1 Å². The number of rotatable bonds is 13. The normalized spacial score (nSPS) is 39.1. The summed E-state index contributed by atoms with van der Waals surface area (Å²) in [4.78, 5) is 39.3. The third-order valence-corrected chi connectivity index (χ3v) is 10.8. The molecule has 0 radical (unpaired) electrons. The van der Waals surface area contributed by atoms with Crippen molar-refractivity contribution in [1.82, 2.24) is 0 Å². The largest absolute Gasteiger partial charge is 0.472 e. The molecule has 0 amide bonds. The van der Waals surface area contributed by atoms with Crippen LogP contribution < -0.4 is 0 Å². The van der Waals surface area contributed by atoms with Gasteiger partial charge >= 0.3 is 17.9 Å². The highest BCUT2D eigenvalue weighted by Crippen LogP contribution is 2.61.